The topological polar surface area (TPSA) is 55.6 Å². The van der Waals surface area contributed by atoms with Gasteiger partial charge in [0, 0.05) is 4.53 Å². The summed E-state index contributed by atoms with van der Waals surface area (Å²) in [5.41, 5.74) is 1.70. The molecule has 0 bridgehead atoms. The third kappa shape index (κ3) is 4.75. The van der Waals surface area contributed by atoms with E-state index in [1.54, 1.807) is 12.1 Å². The van der Waals surface area contributed by atoms with Gasteiger partial charge in [-0.1, -0.05) is 31.5 Å². The van der Waals surface area contributed by atoms with E-state index in [0.29, 0.717) is 5.69 Å². The summed E-state index contributed by atoms with van der Waals surface area (Å²) in [7, 11) is 0. The molecule has 4 nitrogen and oxygen atoms in total. The second-order valence-electron chi connectivity index (χ2n) is 2.91. The van der Waals surface area contributed by atoms with E-state index in [0.717, 1.165) is 10.6 Å². The Bertz CT molecular complexity index is 314. The molecule has 0 aromatic heterocycles. The van der Waals surface area contributed by atoms with Gasteiger partial charge in [0.1, 0.15) is 6.54 Å². The minimum Gasteiger partial charge on any atom is -0.300 e. The Morgan fingerprint density at radius 1 is 1.38 bits per heavy atom. The summed E-state index contributed by atoms with van der Waals surface area (Å²) in [6, 6.07) is 7.16. The Kier molecular flexibility index (Phi) is 6.87. The Morgan fingerprint density at radius 2 is 1.88 bits per heavy atom. The van der Waals surface area contributed by atoms with Crippen LogP contribution in [0.1, 0.15) is 19.4 Å². The second-order valence-corrected chi connectivity index (χ2v) is 2.91. The van der Waals surface area contributed by atoms with Crippen LogP contribution in [0.5, 0.6) is 0 Å². The minimum atomic E-state index is -1.02. The van der Waals surface area contributed by atoms with Gasteiger partial charge < -0.3 is 0 Å². The molecule has 0 fully saturated rings. The molecule has 0 heterocycles. The molecule has 1 rings (SSSR count). The lowest BCUT2D eigenvalue weighted by molar-refractivity contribution is -0.181. The van der Waals surface area contributed by atoms with E-state index in [2.05, 4.69) is 4.94 Å². The van der Waals surface area contributed by atoms with E-state index in [1.165, 1.54) is 0 Å². The molecular formula is C11H17FN2O2. The van der Waals surface area contributed by atoms with E-state index >= 15 is 0 Å². The number of carbonyl (C=O) groups is 1. The molecule has 0 amide bonds. The molecule has 0 atom stereocenters. The van der Waals surface area contributed by atoms with Gasteiger partial charge in [-0.05, 0) is 19.1 Å². The molecule has 0 saturated carbocycles. The van der Waals surface area contributed by atoms with Crippen molar-refractivity contribution in [3.63, 3.8) is 0 Å². The maximum Gasteiger partial charge on any atom is 0.369 e. The first-order valence-electron chi connectivity index (χ1n) is 5.04. The smallest absolute Gasteiger partial charge is 0.300 e. The van der Waals surface area contributed by atoms with Crippen LogP contribution in [0.3, 0.4) is 0 Å². The number of rotatable bonds is 3. The van der Waals surface area contributed by atoms with Gasteiger partial charge in [-0.3, -0.25) is 9.95 Å². The summed E-state index contributed by atoms with van der Waals surface area (Å²) in [4.78, 5) is 13.5. The highest BCUT2D eigenvalue weighted by Crippen LogP contribution is 2.11. The second kappa shape index (κ2) is 7.64. The number of hydrogen-bond acceptors (Lipinski definition) is 4. The molecule has 0 saturated heterocycles. The van der Waals surface area contributed by atoms with E-state index in [-0.39, 0.29) is 6.54 Å². The standard InChI is InChI=1S/C9H11FN2O2.C2H6/c1-7-2-4-8(5-3-7)12(11)6-9(13)14-10;1-2/h2-5H,6,11H2,1H3;1-2H3. The predicted octanol–water partition coefficient (Wildman–Crippen LogP) is 2.13. The number of carbonyl (C=O) groups excluding carboxylic acids is 1. The molecule has 2 N–H and O–H groups in total. The molecule has 0 aliphatic rings. The molecule has 0 unspecified atom stereocenters. The van der Waals surface area contributed by atoms with E-state index in [1.807, 2.05) is 32.9 Å². The molecule has 0 aliphatic carbocycles. The summed E-state index contributed by atoms with van der Waals surface area (Å²) >= 11 is 0. The highest BCUT2D eigenvalue weighted by Gasteiger charge is 2.09. The van der Waals surface area contributed by atoms with Gasteiger partial charge in [-0.25, -0.2) is 10.6 Å². The fourth-order valence-electron chi connectivity index (χ4n) is 0.991. The van der Waals surface area contributed by atoms with Crippen LogP contribution in [0, 0.1) is 6.92 Å². The molecule has 1 aromatic rings. The fraction of sp³-hybridized carbons (Fsp3) is 0.364. The van der Waals surface area contributed by atoms with E-state index in [4.69, 9.17) is 5.84 Å². The average molecular weight is 228 g/mol. The monoisotopic (exact) mass is 228 g/mol. The van der Waals surface area contributed by atoms with Gasteiger partial charge in [0.25, 0.3) is 0 Å². The lowest BCUT2D eigenvalue weighted by Crippen LogP contribution is -2.36. The molecule has 90 valence electrons. The highest BCUT2D eigenvalue weighted by atomic mass is 19.3. The normalized spacial score (nSPS) is 8.81. The molecule has 16 heavy (non-hydrogen) atoms. The summed E-state index contributed by atoms with van der Waals surface area (Å²) in [6.45, 7) is 5.61. The van der Waals surface area contributed by atoms with E-state index in [9.17, 15) is 9.32 Å². The van der Waals surface area contributed by atoms with Gasteiger partial charge in [0.15, 0.2) is 0 Å². The van der Waals surface area contributed by atoms with Crippen molar-refractivity contribution in [1.82, 2.24) is 0 Å². The van der Waals surface area contributed by atoms with Gasteiger partial charge in [-0.2, -0.15) is 0 Å². The first kappa shape index (κ1) is 14.4. The number of nitrogens with zero attached hydrogens (tertiary/aromatic N) is 1. The summed E-state index contributed by atoms with van der Waals surface area (Å²) in [5.74, 6) is 4.47. The van der Waals surface area contributed by atoms with Crippen molar-refractivity contribution in [2.24, 2.45) is 5.84 Å². The van der Waals surface area contributed by atoms with Gasteiger partial charge in [0.05, 0.1) is 5.69 Å². The molecule has 5 heteroatoms. The molecule has 0 spiro atoms. The Balaban J connectivity index is 0.00000106. The SMILES string of the molecule is CC.Cc1ccc(N(N)CC(=O)OF)cc1. The van der Waals surface area contributed by atoms with Gasteiger partial charge in [0.2, 0.25) is 0 Å². The zero-order valence-corrected chi connectivity index (χ0v) is 9.74. The first-order valence-corrected chi connectivity index (χ1v) is 5.04. The number of nitrogens with two attached hydrogens (primary N) is 1. The largest absolute Gasteiger partial charge is 0.369 e. The van der Waals surface area contributed by atoms with Crippen molar-refractivity contribution < 1.29 is 14.3 Å². The van der Waals surface area contributed by atoms with Crippen LogP contribution in [0.15, 0.2) is 24.3 Å². The third-order valence-electron chi connectivity index (χ3n) is 1.75. The van der Waals surface area contributed by atoms with Crippen LogP contribution in [0.25, 0.3) is 0 Å². The van der Waals surface area contributed by atoms with E-state index < -0.39 is 5.97 Å². The minimum absolute atomic E-state index is 0.320. The number of aryl methyl sites for hydroxylation is 1. The summed E-state index contributed by atoms with van der Waals surface area (Å²) < 4.78 is 11.4. The zero-order chi connectivity index (χ0) is 12.6. The predicted molar refractivity (Wildman–Crippen MR) is 61.3 cm³/mol. The van der Waals surface area contributed by atoms with Crippen molar-refractivity contribution >= 4 is 11.7 Å². The average Bonchev–Trinajstić information content (AvgIpc) is 2.32. The molecule has 1 aromatic carbocycles. The number of anilines is 1. The van der Waals surface area contributed by atoms with Crippen LogP contribution in [0.2, 0.25) is 0 Å². The van der Waals surface area contributed by atoms with Crippen molar-refractivity contribution in [3.8, 4) is 0 Å². The summed E-state index contributed by atoms with van der Waals surface area (Å²) in [6.07, 6.45) is 0. The Morgan fingerprint density at radius 3 is 2.31 bits per heavy atom. The van der Waals surface area contributed by atoms with Crippen molar-refractivity contribution in [3.05, 3.63) is 29.8 Å². The lowest BCUT2D eigenvalue weighted by Gasteiger charge is -2.15. The van der Waals surface area contributed by atoms with Gasteiger partial charge >= 0.3 is 5.97 Å². The molecular weight excluding hydrogens is 211 g/mol. The van der Waals surface area contributed by atoms with Gasteiger partial charge in [-0.15, -0.1) is 0 Å². The van der Waals surface area contributed by atoms with Crippen molar-refractivity contribution in [2.45, 2.75) is 20.8 Å². The highest BCUT2D eigenvalue weighted by molar-refractivity contribution is 5.74. The number of hydrogen-bond donors (Lipinski definition) is 1. The Hall–Kier alpha value is -1.62. The zero-order valence-electron chi connectivity index (χ0n) is 9.74. The fourth-order valence-corrected chi connectivity index (χ4v) is 0.991. The summed E-state index contributed by atoms with van der Waals surface area (Å²) in [5, 5.41) is 1.11. The number of hydrazine groups is 1. The van der Waals surface area contributed by atoms with Crippen LogP contribution in [-0.2, 0) is 9.74 Å². The first-order chi connectivity index (χ1) is 7.63. The van der Waals surface area contributed by atoms with Crippen LogP contribution >= 0.6 is 0 Å². The van der Waals surface area contributed by atoms with Crippen molar-refractivity contribution in [2.75, 3.05) is 11.6 Å². The lowest BCUT2D eigenvalue weighted by atomic mass is 10.2. The third-order valence-corrected chi connectivity index (χ3v) is 1.75. The van der Waals surface area contributed by atoms with Crippen LogP contribution in [0.4, 0.5) is 10.2 Å². The quantitative estimate of drug-likeness (QED) is 0.636. The molecule has 0 radical (unpaired) electrons. The van der Waals surface area contributed by atoms with Crippen LogP contribution < -0.4 is 10.9 Å². The maximum atomic E-state index is 11.4. The van der Waals surface area contributed by atoms with Crippen LogP contribution in [-0.4, -0.2) is 12.5 Å². The maximum absolute atomic E-state index is 11.4. The number of benzene rings is 1. The molecule has 0 aliphatic heterocycles. The van der Waals surface area contributed by atoms with Crippen molar-refractivity contribution in [1.29, 1.82) is 0 Å². The number of halogens is 1. The Labute approximate surface area is 94.7 Å².